The molecule has 1 N–H and O–H groups in total. The minimum Gasteiger partial charge on any atom is -0.396 e. The molecule has 2 aliphatic heterocycles. The topological polar surface area (TPSA) is 46.5 Å². The maximum absolute atomic E-state index is 11.2. The van der Waals surface area contributed by atoms with Gasteiger partial charge in [0, 0.05) is 6.42 Å². The van der Waals surface area contributed by atoms with Crippen molar-refractivity contribution in [3.8, 4) is 0 Å². The number of aliphatic hydroxyl groups is 1. The number of hydrogen-bond donors (Lipinski definition) is 1. The van der Waals surface area contributed by atoms with E-state index in [-0.39, 0.29) is 30.5 Å². The molecule has 0 aromatic rings. The molecule has 0 spiro atoms. The van der Waals surface area contributed by atoms with Crippen molar-refractivity contribution in [1.29, 1.82) is 0 Å². The van der Waals surface area contributed by atoms with Gasteiger partial charge in [-0.15, -0.1) is 0 Å². The van der Waals surface area contributed by atoms with Gasteiger partial charge in [-0.05, 0) is 0 Å². The first-order chi connectivity index (χ1) is 5.31. The molecule has 3 heteroatoms. The van der Waals surface area contributed by atoms with Crippen LogP contribution in [0.15, 0.2) is 12.2 Å². The van der Waals surface area contributed by atoms with Crippen molar-refractivity contribution >= 4 is 5.78 Å². The maximum atomic E-state index is 11.2. The standard InChI is InChI=1S/C8H10O3/c9-4-6-7(10)3-5-1-2-8(6)11-5/h1-2,5-6,8-9H,3-4H2/t5-,6?,8+/m1/s1. The second kappa shape index (κ2) is 2.43. The molecule has 2 heterocycles. The minimum absolute atomic E-state index is 0.0182. The molecule has 3 nitrogen and oxygen atoms in total. The molecule has 1 unspecified atom stereocenters. The van der Waals surface area contributed by atoms with Gasteiger partial charge in [0.05, 0.1) is 24.7 Å². The second-order valence-electron chi connectivity index (χ2n) is 2.98. The number of hydrogen-bond acceptors (Lipinski definition) is 3. The molecule has 1 fully saturated rings. The van der Waals surface area contributed by atoms with Crippen LogP contribution in [0.3, 0.4) is 0 Å². The molecule has 0 aromatic carbocycles. The lowest BCUT2D eigenvalue weighted by molar-refractivity contribution is -0.138. The van der Waals surface area contributed by atoms with Crippen LogP contribution in [0.5, 0.6) is 0 Å². The fourth-order valence-electron chi connectivity index (χ4n) is 1.61. The molecule has 3 atom stereocenters. The highest BCUT2D eigenvalue weighted by atomic mass is 16.5. The van der Waals surface area contributed by atoms with Crippen molar-refractivity contribution in [2.24, 2.45) is 5.92 Å². The Bertz CT molecular complexity index is 209. The molecular formula is C8H10O3. The van der Waals surface area contributed by atoms with Gasteiger partial charge in [-0.2, -0.15) is 0 Å². The summed E-state index contributed by atoms with van der Waals surface area (Å²) in [6, 6.07) is 0. The third kappa shape index (κ3) is 1.01. The Morgan fingerprint density at radius 1 is 1.64 bits per heavy atom. The van der Waals surface area contributed by atoms with Gasteiger partial charge in [-0.3, -0.25) is 4.79 Å². The molecule has 0 radical (unpaired) electrons. The van der Waals surface area contributed by atoms with E-state index in [2.05, 4.69) is 0 Å². The van der Waals surface area contributed by atoms with Gasteiger partial charge in [-0.25, -0.2) is 0 Å². The average molecular weight is 154 g/mol. The van der Waals surface area contributed by atoms with Crippen LogP contribution in [0.25, 0.3) is 0 Å². The second-order valence-corrected chi connectivity index (χ2v) is 2.98. The molecule has 0 aliphatic carbocycles. The van der Waals surface area contributed by atoms with E-state index in [0.29, 0.717) is 6.42 Å². The Morgan fingerprint density at radius 2 is 2.45 bits per heavy atom. The fourth-order valence-corrected chi connectivity index (χ4v) is 1.61. The highest BCUT2D eigenvalue weighted by Gasteiger charge is 2.38. The van der Waals surface area contributed by atoms with Crippen molar-refractivity contribution in [3.63, 3.8) is 0 Å². The molecule has 11 heavy (non-hydrogen) atoms. The minimum atomic E-state index is -0.315. The van der Waals surface area contributed by atoms with Crippen molar-refractivity contribution in [3.05, 3.63) is 12.2 Å². The highest BCUT2D eigenvalue weighted by molar-refractivity contribution is 5.84. The van der Waals surface area contributed by atoms with E-state index in [4.69, 9.17) is 9.84 Å². The summed E-state index contributed by atoms with van der Waals surface area (Å²) in [4.78, 5) is 11.2. The lowest BCUT2D eigenvalue weighted by atomic mass is 9.95. The van der Waals surface area contributed by atoms with Crippen LogP contribution in [0.2, 0.25) is 0 Å². The Balaban J connectivity index is 2.19. The van der Waals surface area contributed by atoms with Crippen LogP contribution in [0, 0.1) is 5.92 Å². The monoisotopic (exact) mass is 154 g/mol. The summed E-state index contributed by atoms with van der Waals surface area (Å²) in [5.41, 5.74) is 0. The summed E-state index contributed by atoms with van der Waals surface area (Å²) in [7, 11) is 0. The van der Waals surface area contributed by atoms with Crippen LogP contribution in [-0.4, -0.2) is 29.7 Å². The van der Waals surface area contributed by atoms with Gasteiger partial charge >= 0.3 is 0 Å². The quantitative estimate of drug-likeness (QED) is 0.536. The summed E-state index contributed by atoms with van der Waals surface area (Å²) >= 11 is 0. The van der Waals surface area contributed by atoms with E-state index in [1.165, 1.54) is 0 Å². The predicted octanol–water partition coefficient (Wildman–Crippen LogP) is -0.109. The van der Waals surface area contributed by atoms with Gasteiger partial charge in [0.15, 0.2) is 0 Å². The van der Waals surface area contributed by atoms with Crippen molar-refractivity contribution in [2.45, 2.75) is 18.6 Å². The van der Waals surface area contributed by atoms with Crippen molar-refractivity contribution in [1.82, 2.24) is 0 Å². The molecule has 60 valence electrons. The summed E-state index contributed by atoms with van der Waals surface area (Å²) in [5, 5.41) is 8.85. The van der Waals surface area contributed by atoms with Crippen LogP contribution in [0.4, 0.5) is 0 Å². The van der Waals surface area contributed by atoms with Crippen LogP contribution >= 0.6 is 0 Å². The Kier molecular flexibility index (Phi) is 1.55. The van der Waals surface area contributed by atoms with E-state index in [1.807, 2.05) is 12.2 Å². The van der Waals surface area contributed by atoms with Gasteiger partial charge < -0.3 is 9.84 Å². The van der Waals surface area contributed by atoms with Crippen LogP contribution in [-0.2, 0) is 9.53 Å². The van der Waals surface area contributed by atoms with Gasteiger partial charge in [0.1, 0.15) is 5.78 Å². The predicted molar refractivity (Wildman–Crippen MR) is 38.0 cm³/mol. The number of fused-ring (bicyclic) bond motifs is 2. The molecule has 0 aromatic heterocycles. The highest BCUT2D eigenvalue weighted by Crippen LogP contribution is 2.28. The number of Topliss-reactive ketones (excluding diaryl/α,β-unsaturated/α-hetero) is 1. The molecular weight excluding hydrogens is 144 g/mol. The Morgan fingerprint density at radius 3 is 3.18 bits per heavy atom. The van der Waals surface area contributed by atoms with Crippen LogP contribution in [0.1, 0.15) is 6.42 Å². The molecule has 1 saturated heterocycles. The first-order valence-electron chi connectivity index (χ1n) is 3.78. The number of ether oxygens (including phenoxy) is 1. The van der Waals surface area contributed by atoms with E-state index in [9.17, 15) is 4.79 Å². The summed E-state index contributed by atoms with van der Waals surface area (Å²) in [5.74, 6) is -0.191. The van der Waals surface area contributed by atoms with E-state index < -0.39 is 0 Å². The molecule has 2 bridgehead atoms. The number of carbonyl (C=O) groups excluding carboxylic acids is 1. The number of rotatable bonds is 1. The zero-order chi connectivity index (χ0) is 7.84. The molecule has 2 rings (SSSR count). The smallest absolute Gasteiger partial charge is 0.144 e. The van der Waals surface area contributed by atoms with Gasteiger partial charge in [0.25, 0.3) is 0 Å². The summed E-state index contributed by atoms with van der Waals surface area (Å²) in [6.45, 7) is -0.0967. The third-order valence-electron chi connectivity index (χ3n) is 2.26. The van der Waals surface area contributed by atoms with Gasteiger partial charge in [0.2, 0.25) is 0 Å². The Hall–Kier alpha value is -0.670. The van der Waals surface area contributed by atoms with E-state index in [0.717, 1.165) is 0 Å². The number of aliphatic hydroxyl groups excluding tert-OH is 1. The van der Waals surface area contributed by atoms with Crippen molar-refractivity contribution in [2.75, 3.05) is 6.61 Å². The fraction of sp³-hybridized carbons (Fsp3) is 0.625. The number of ketones is 1. The summed E-state index contributed by atoms with van der Waals surface area (Å²) < 4.78 is 5.38. The first-order valence-corrected chi connectivity index (χ1v) is 3.78. The zero-order valence-corrected chi connectivity index (χ0v) is 6.06. The largest absolute Gasteiger partial charge is 0.396 e. The average Bonchev–Trinajstić information content (AvgIpc) is 2.34. The van der Waals surface area contributed by atoms with E-state index in [1.54, 1.807) is 0 Å². The lowest BCUT2D eigenvalue weighted by Crippen LogP contribution is -2.38. The molecule has 2 aliphatic rings. The SMILES string of the molecule is O=C1C[C@H]2C=C[C@H](O2)C1CO. The third-order valence-corrected chi connectivity index (χ3v) is 2.26. The maximum Gasteiger partial charge on any atom is 0.144 e. The first kappa shape index (κ1) is 7.00. The van der Waals surface area contributed by atoms with E-state index >= 15 is 0 Å². The van der Waals surface area contributed by atoms with Crippen molar-refractivity contribution < 1.29 is 14.6 Å². The lowest BCUT2D eigenvalue weighted by Gasteiger charge is -2.26. The number of carbonyl (C=O) groups is 1. The normalized spacial score (nSPS) is 41.5. The van der Waals surface area contributed by atoms with Gasteiger partial charge in [-0.1, -0.05) is 12.2 Å². The Labute approximate surface area is 64.7 Å². The zero-order valence-electron chi connectivity index (χ0n) is 6.06. The molecule has 0 saturated carbocycles. The van der Waals surface area contributed by atoms with Crippen LogP contribution < -0.4 is 0 Å². The summed E-state index contributed by atoms with van der Waals surface area (Å²) in [6.07, 6.45) is 4.02. The molecule has 0 amide bonds.